The Kier molecular flexibility index (Phi) is 5.33. The largest absolute Gasteiger partial charge is 0.384 e. The number of rotatable bonds is 5. The Morgan fingerprint density at radius 2 is 1.91 bits per heavy atom. The summed E-state index contributed by atoms with van der Waals surface area (Å²) in [6.45, 7) is 2.33. The Balaban J connectivity index is 1.83. The van der Waals surface area contributed by atoms with Crippen molar-refractivity contribution in [2.75, 3.05) is 17.2 Å². The number of aryl methyl sites for hydroxylation is 1. The summed E-state index contributed by atoms with van der Waals surface area (Å²) in [4.78, 5) is 11.7. The minimum absolute atomic E-state index is 0.195. The van der Waals surface area contributed by atoms with E-state index in [2.05, 4.69) is 10.6 Å². The Morgan fingerprint density at radius 1 is 1.14 bits per heavy atom. The first-order valence-electron chi connectivity index (χ1n) is 6.70. The first-order valence-corrected chi connectivity index (χ1v) is 7.08. The van der Waals surface area contributed by atoms with Gasteiger partial charge in [0.05, 0.1) is 0 Å². The van der Waals surface area contributed by atoms with E-state index in [0.717, 1.165) is 23.4 Å². The second-order valence-corrected chi connectivity index (χ2v) is 5.25. The minimum atomic E-state index is -0.993. The zero-order valence-corrected chi connectivity index (χ0v) is 12.7. The lowest BCUT2D eigenvalue weighted by Crippen LogP contribution is -2.16. The Bertz CT molecular complexity index is 692. The van der Waals surface area contributed by atoms with Crippen molar-refractivity contribution in [3.63, 3.8) is 0 Å². The predicted octanol–water partition coefficient (Wildman–Crippen LogP) is 4.37. The van der Waals surface area contributed by atoms with Gasteiger partial charge < -0.3 is 10.6 Å². The second kappa shape index (κ2) is 7.22. The molecule has 0 saturated heterocycles. The number of carbonyl (C=O) groups excluding carboxylic acids is 1. The summed E-state index contributed by atoms with van der Waals surface area (Å²) in [7, 11) is 0. The zero-order valence-electron chi connectivity index (χ0n) is 11.9. The second-order valence-electron chi connectivity index (χ2n) is 4.81. The molecule has 3 nitrogen and oxygen atoms in total. The standard InChI is InChI=1S/C16H15ClF2N2O/c1-10-8-11(17)2-5-15(10)20-7-6-16(22)21-12-3-4-13(18)14(19)9-12/h2-5,8-9,20H,6-7H2,1H3,(H,21,22). The summed E-state index contributed by atoms with van der Waals surface area (Å²) >= 11 is 5.87. The molecule has 0 atom stereocenters. The zero-order chi connectivity index (χ0) is 16.1. The van der Waals surface area contributed by atoms with E-state index < -0.39 is 11.6 Å². The molecule has 0 spiro atoms. The molecule has 0 aliphatic heterocycles. The van der Waals surface area contributed by atoms with Crippen LogP contribution in [0.15, 0.2) is 36.4 Å². The van der Waals surface area contributed by atoms with Crippen LogP contribution >= 0.6 is 11.6 Å². The Labute approximate surface area is 132 Å². The van der Waals surface area contributed by atoms with Gasteiger partial charge in [0, 0.05) is 35.4 Å². The Morgan fingerprint density at radius 3 is 2.59 bits per heavy atom. The number of nitrogens with one attached hydrogen (secondary N) is 2. The number of halogens is 3. The summed E-state index contributed by atoms with van der Waals surface area (Å²) in [5.74, 6) is -2.23. The normalized spacial score (nSPS) is 10.4. The van der Waals surface area contributed by atoms with E-state index in [1.807, 2.05) is 19.1 Å². The maximum atomic E-state index is 13.0. The van der Waals surface area contributed by atoms with Gasteiger partial charge in [-0.3, -0.25) is 4.79 Å². The molecule has 2 rings (SSSR count). The molecule has 116 valence electrons. The maximum absolute atomic E-state index is 13.0. The summed E-state index contributed by atoms with van der Waals surface area (Å²) < 4.78 is 25.8. The SMILES string of the molecule is Cc1cc(Cl)ccc1NCCC(=O)Nc1ccc(F)c(F)c1. The van der Waals surface area contributed by atoms with E-state index >= 15 is 0 Å². The third kappa shape index (κ3) is 4.43. The highest BCUT2D eigenvalue weighted by Gasteiger charge is 2.06. The predicted molar refractivity (Wildman–Crippen MR) is 84.3 cm³/mol. The van der Waals surface area contributed by atoms with Gasteiger partial charge in [-0.25, -0.2) is 8.78 Å². The topological polar surface area (TPSA) is 41.1 Å². The summed E-state index contributed by atoms with van der Waals surface area (Å²) in [6, 6.07) is 8.66. The van der Waals surface area contributed by atoms with Gasteiger partial charge in [0.2, 0.25) is 5.91 Å². The van der Waals surface area contributed by atoms with E-state index in [9.17, 15) is 13.6 Å². The van der Waals surface area contributed by atoms with Crippen LogP contribution in [0.4, 0.5) is 20.2 Å². The maximum Gasteiger partial charge on any atom is 0.226 e. The van der Waals surface area contributed by atoms with Crippen LogP contribution in [0.25, 0.3) is 0 Å². The first-order chi connectivity index (χ1) is 10.5. The molecular formula is C16H15ClF2N2O. The molecule has 2 N–H and O–H groups in total. The van der Waals surface area contributed by atoms with Crippen LogP contribution in [-0.4, -0.2) is 12.5 Å². The first kappa shape index (κ1) is 16.2. The van der Waals surface area contributed by atoms with Crippen molar-refractivity contribution in [2.24, 2.45) is 0 Å². The summed E-state index contributed by atoms with van der Waals surface area (Å²) in [6.07, 6.45) is 0.195. The minimum Gasteiger partial charge on any atom is -0.384 e. The Hall–Kier alpha value is -2.14. The number of amides is 1. The van der Waals surface area contributed by atoms with Crippen molar-refractivity contribution >= 4 is 28.9 Å². The van der Waals surface area contributed by atoms with Crippen LogP contribution < -0.4 is 10.6 Å². The molecule has 0 fully saturated rings. The van der Waals surface area contributed by atoms with Crippen molar-refractivity contribution in [1.29, 1.82) is 0 Å². The molecule has 0 aromatic heterocycles. The number of anilines is 2. The van der Waals surface area contributed by atoms with Gasteiger partial charge in [0.15, 0.2) is 11.6 Å². The third-order valence-electron chi connectivity index (χ3n) is 3.06. The fourth-order valence-corrected chi connectivity index (χ4v) is 2.16. The number of carbonyl (C=O) groups is 1. The lowest BCUT2D eigenvalue weighted by molar-refractivity contribution is -0.115. The molecule has 0 heterocycles. The highest BCUT2D eigenvalue weighted by atomic mass is 35.5. The lowest BCUT2D eigenvalue weighted by atomic mass is 10.2. The number of hydrogen-bond acceptors (Lipinski definition) is 2. The third-order valence-corrected chi connectivity index (χ3v) is 3.29. The fraction of sp³-hybridized carbons (Fsp3) is 0.188. The molecule has 0 bridgehead atoms. The van der Waals surface area contributed by atoms with Crippen molar-refractivity contribution in [2.45, 2.75) is 13.3 Å². The fourth-order valence-electron chi connectivity index (χ4n) is 1.93. The average Bonchev–Trinajstić information content (AvgIpc) is 2.45. The average molecular weight is 325 g/mol. The monoisotopic (exact) mass is 324 g/mol. The van der Waals surface area contributed by atoms with E-state index in [-0.39, 0.29) is 18.0 Å². The van der Waals surface area contributed by atoms with Gasteiger partial charge in [-0.05, 0) is 42.8 Å². The summed E-state index contributed by atoms with van der Waals surface area (Å²) in [5, 5.41) is 6.29. The molecule has 6 heteroatoms. The molecule has 0 unspecified atom stereocenters. The van der Waals surface area contributed by atoms with Gasteiger partial charge >= 0.3 is 0 Å². The smallest absolute Gasteiger partial charge is 0.226 e. The molecule has 2 aromatic rings. The van der Waals surface area contributed by atoms with E-state index in [1.165, 1.54) is 6.07 Å². The quantitative estimate of drug-likeness (QED) is 0.857. The van der Waals surface area contributed by atoms with Crippen molar-refractivity contribution in [1.82, 2.24) is 0 Å². The highest BCUT2D eigenvalue weighted by Crippen LogP contribution is 2.19. The van der Waals surface area contributed by atoms with Gasteiger partial charge in [-0.15, -0.1) is 0 Å². The molecule has 1 amide bonds. The van der Waals surface area contributed by atoms with Crippen LogP contribution in [0.1, 0.15) is 12.0 Å². The van der Waals surface area contributed by atoms with Crippen LogP contribution in [0.2, 0.25) is 5.02 Å². The van der Waals surface area contributed by atoms with E-state index in [4.69, 9.17) is 11.6 Å². The van der Waals surface area contributed by atoms with Gasteiger partial charge in [0.25, 0.3) is 0 Å². The van der Waals surface area contributed by atoms with Gasteiger partial charge in [-0.2, -0.15) is 0 Å². The van der Waals surface area contributed by atoms with Gasteiger partial charge in [-0.1, -0.05) is 11.6 Å². The van der Waals surface area contributed by atoms with Crippen LogP contribution in [-0.2, 0) is 4.79 Å². The highest BCUT2D eigenvalue weighted by molar-refractivity contribution is 6.30. The van der Waals surface area contributed by atoms with E-state index in [1.54, 1.807) is 6.07 Å². The van der Waals surface area contributed by atoms with Crippen LogP contribution in [0.3, 0.4) is 0 Å². The van der Waals surface area contributed by atoms with Crippen LogP contribution in [0, 0.1) is 18.6 Å². The van der Waals surface area contributed by atoms with Crippen molar-refractivity contribution < 1.29 is 13.6 Å². The lowest BCUT2D eigenvalue weighted by Gasteiger charge is -2.10. The molecule has 0 aliphatic carbocycles. The summed E-state index contributed by atoms with van der Waals surface area (Å²) in [5.41, 5.74) is 2.10. The molecule has 0 saturated carbocycles. The van der Waals surface area contributed by atoms with Crippen LogP contribution in [0.5, 0.6) is 0 Å². The molecular weight excluding hydrogens is 310 g/mol. The molecule has 0 radical (unpaired) electrons. The molecule has 0 aliphatic rings. The van der Waals surface area contributed by atoms with Gasteiger partial charge in [0.1, 0.15) is 0 Å². The molecule has 2 aromatic carbocycles. The van der Waals surface area contributed by atoms with E-state index in [0.29, 0.717) is 11.6 Å². The molecule has 22 heavy (non-hydrogen) atoms. The van der Waals surface area contributed by atoms with Crippen molar-refractivity contribution in [3.8, 4) is 0 Å². The van der Waals surface area contributed by atoms with Crippen molar-refractivity contribution in [3.05, 3.63) is 58.6 Å². The number of hydrogen-bond donors (Lipinski definition) is 2. The number of benzene rings is 2.